The highest BCUT2D eigenvalue weighted by Crippen LogP contribution is 2.30. The zero-order valence-electron chi connectivity index (χ0n) is 17.1. The van der Waals surface area contributed by atoms with Crippen molar-refractivity contribution in [3.63, 3.8) is 0 Å². The number of aryl methyl sites for hydroxylation is 1. The van der Waals surface area contributed by atoms with Crippen LogP contribution in [0.5, 0.6) is 11.5 Å². The number of nitriles is 1. The molecule has 0 unspecified atom stereocenters. The summed E-state index contributed by atoms with van der Waals surface area (Å²) >= 11 is 3.43. The summed E-state index contributed by atoms with van der Waals surface area (Å²) in [4.78, 5) is 7.77. The molecule has 0 aliphatic carbocycles. The van der Waals surface area contributed by atoms with E-state index < -0.39 is 0 Å². The number of aromatic nitrogens is 2. The van der Waals surface area contributed by atoms with Crippen molar-refractivity contribution in [3.05, 3.63) is 87.7 Å². The van der Waals surface area contributed by atoms with Crippen LogP contribution >= 0.6 is 15.9 Å². The van der Waals surface area contributed by atoms with Gasteiger partial charge in [0.05, 0.1) is 23.7 Å². The van der Waals surface area contributed by atoms with Gasteiger partial charge in [-0.05, 0) is 66.1 Å². The van der Waals surface area contributed by atoms with E-state index in [0.717, 1.165) is 32.2 Å². The van der Waals surface area contributed by atoms with Gasteiger partial charge in [-0.2, -0.15) is 5.26 Å². The average molecular weight is 474 g/mol. The fourth-order valence-electron chi connectivity index (χ4n) is 3.21. The van der Waals surface area contributed by atoms with Crippen molar-refractivity contribution >= 4 is 38.6 Å². The number of nitrogens with one attached hydrogen (secondary N) is 1. The molecule has 0 amide bonds. The number of allylic oxidation sites excluding steroid dienone is 1. The largest absolute Gasteiger partial charge is 0.493 e. The molecule has 0 saturated heterocycles. The van der Waals surface area contributed by atoms with Crippen LogP contribution in [0.15, 0.2) is 65.1 Å². The molecule has 0 atom stereocenters. The molecule has 0 aliphatic heterocycles. The molecule has 1 aromatic heterocycles. The number of aromatic amines is 1. The van der Waals surface area contributed by atoms with Crippen LogP contribution in [0, 0.1) is 18.3 Å². The van der Waals surface area contributed by atoms with E-state index >= 15 is 0 Å². The standard InChI is InChI=1S/C25H20BrN3O2/c1-16-3-9-21-22(11-16)29-25(28-21)19(14-27)12-18-6-10-23(24(13-18)30-2)31-15-17-4-7-20(26)8-5-17/h3-13H,15H2,1-2H3,(H,28,29)/b19-12-. The Morgan fingerprint density at radius 3 is 2.65 bits per heavy atom. The molecular formula is C25H20BrN3O2. The highest BCUT2D eigenvalue weighted by Gasteiger charge is 2.10. The number of methoxy groups -OCH3 is 1. The molecule has 0 aliphatic rings. The summed E-state index contributed by atoms with van der Waals surface area (Å²) in [6.45, 7) is 2.45. The first-order valence-electron chi connectivity index (χ1n) is 9.69. The summed E-state index contributed by atoms with van der Waals surface area (Å²) in [5.74, 6) is 1.78. The highest BCUT2D eigenvalue weighted by atomic mass is 79.9. The second kappa shape index (κ2) is 9.07. The number of rotatable bonds is 6. The minimum Gasteiger partial charge on any atom is -0.493 e. The minimum absolute atomic E-state index is 0.431. The summed E-state index contributed by atoms with van der Waals surface area (Å²) in [6.07, 6.45) is 1.78. The molecule has 0 fully saturated rings. The zero-order chi connectivity index (χ0) is 21.8. The Kier molecular flexibility index (Phi) is 6.06. The fourth-order valence-corrected chi connectivity index (χ4v) is 3.47. The van der Waals surface area contributed by atoms with E-state index in [0.29, 0.717) is 29.5 Å². The van der Waals surface area contributed by atoms with Crippen molar-refractivity contribution < 1.29 is 9.47 Å². The predicted molar refractivity (Wildman–Crippen MR) is 126 cm³/mol. The normalized spacial score (nSPS) is 11.4. The first-order chi connectivity index (χ1) is 15.1. The lowest BCUT2D eigenvalue weighted by atomic mass is 10.1. The maximum Gasteiger partial charge on any atom is 0.161 e. The maximum atomic E-state index is 9.69. The monoisotopic (exact) mass is 473 g/mol. The molecule has 0 saturated carbocycles. The van der Waals surface area contributed by atoms with Crippen molar-refractivity contribution in [2.45, 2.75) is 13.5 Å². The van der Waals surface area contributed by atoms with Gasteiger partial charge in [0.2, 0.25) is 0 Å². The summed E-state index contributed by atoms with van der Waals surface area (Å²) in [5, 5.41) is 9.69. The predicted octanol–water partition coefficient (Wildman–Crippen LogP) is 6.29. The molecule has 31 heavy (non-hydrogen) atoms. The number of halogens is 1. The van der Waals surface area contributed by atoms with E-state index in [1.54, 1.807) is 13.2 Å². The number of imidazole rings is 1. The van der Waals surface area contributed by atoms with Crippen molar-refractivity contribution in [1.29, 1.82) is 5.26 Å². The van der Waals surface area contributed by atoms with Gasteiger partial charge in [0.25, 0.3) is 0 Å². The van der Waals surface area contributed by atoms with Gasteiger partial charge in [0, 0.05) is 4.47 Å². The number of hydrogen-bond donors (Lipinski definition) is 1. The van der Waals surface area contributed by atoms with Gasteiger partial charge < -0.3 is 14.5 Å². The van der Waals surface area contributed by atoms with Gasteiger partial charge in [-0.25, -0.2) is 4.98 Å². The number of hydrogen-bond acceptors (Lipinski definition) is 4. The third kappa shape index (κ3) is 4.79. The summed E-state index contributed by atoms with van der Waals surface area (Å²) in [7, 11) is 1.60. The van der Waals surface area contributed by atoms with Crippen molar-refractivity contribution in [2.24, 2.45) is 0 Å². The van der Waals surface area contributed by atoms with Gasteiger partial charge >= 0.3 is 0 Å². The maximum absolute atomic E-state index is 9.69. The molecule has 0 radical (unpaired) electrons. The number of fused-ring (bicyclic) bond motifs is 1. The van der Waals surface area contributed by atoms with Gasteiger partial charge in [0.1, 0.15) is 18.5 Å². The van der Waals surface area contributed by atoms with Crippen molar-refractivity contribution in [1.82, 2.24) is 9.97 Å². The zero-order valence-corrected chi connectivity index (χ0v) is 18.7. The molecule has 4 aromatic rings. The van der Waals surface area contributed by atoms with Crippen LogP contribution < -0.4 is 9.47 Å². The molecule has 1 heterocycles. The first-order valence-corrected chi connectivity index (χ1v) is 10.5. The summed E-state index contributed by atoms with van der Waals surface area (Å²) in [6, 6.07) is 21.7. The highest BCUT2D eigenvalue weighted by molar-refractivity contribution is 9.10. The molecule has 3 aromatic carbocycles. The Morgan fingerprint density at radius 1 is 1.10 bits per heavy atom. The summed E-state index contributed by atoms with van der Waals surface area (Å²) < 4.78 is 12.5. The first kappa shape index (κ1) is 20.7. The van der Waals surface area contributed by atoms with E-state index in [2.05, 4.69) is 32.0 Å². The minimum atomic E-state index is 0.431. The van der Waals surface area contributed by atoms with Crippen LogP contribution in [0.2, 0.25) is 0 Å². The molecule has 5 nitrogen and oxygen atoms in total. The smallest absolute Gasteiger partial charge is 0.161 e. The Balaban J connectivity index is 1.58. The van der Waals surface area contributed by atoms with Crippen molar-refractivity contribution in [2.75, 3.05) is 7.11 Å². The lowest BCUT2D eigenvalue weighted by Gasteiger charge is -2.11. The van der Waals surface area contributed by atoms with E-state index in [1.807, 2.05) is 67.6 Å². The van der Waals surface area contributed by atoms with Crippen LogP contribution in [-0.4, -0.2) is 17.1 Å². The number of ether oxygens (including phenoxy) is 2. The molecule has 154 valence electrons. The third-order valence-corrected chi connectivity index (χ3v) is 5.35. The average Bonchev–Trinajstić information content (AvgIpc) is 3.20. The molecular weight excluding hydrogens is 454 g/mol. The molecule has 6 heteroatoms. The Hall–Kier alpha value is -3.56. The van der Waals surface area contributed by atoms with E-state index in [-0.39, 0.29) is 0 Å². The van der Waals surface area contributed by atoms with E-state index in [9.17, 15) is 5.26 Å². The Morgan fingerprint density at radius 2 is 1.90 bits per heavy atom. The van der Waals surface area contributed by atoms with Gasteiger partial charge in [-0.3, -0.25) is 0 Å². The van der Waals surface area contributed by atoms with Crippen molar-refractivity contribution in [3.8, 4) is 17.6 Å². The fraction of sp³-hybridized carbons (Fsp3) is 0.120. The van der Waals surface area contributed by atoms with Gasteiger partial charge in [0.15, 0.2) is 11.5 Å². The van der Waals surface area contributed by atoms with E-state index in [4.69, 9.17) is 9.47 Å². The molecule has 0 spiro atoms. The topological polar surface area (TPSA) is 70.9 Å². The summed E-state index contributed by atoms with van der Waals surface area (Å²) in [5.41, 5.74) is 5.19. The second-order valence-corrected chi connectivity index (χ2v) is 8.02. The molecule has 0 bridgehead atoms. The Bertz CT molecular complexity index is 1300. The van der Waals surface area contributed by atoms with Crippen LogP contribution in [0.3, 0.4) is 0 Å². The van der Waals surface area contributed by atoms with Gasteiger partial charge in [-0.15, -0.1) is 0 Å². The Labute approximate surface area is 189 Å². The van der Waals surface area contributed by atoms with Crippen LogP contribution in [0.4, 0.5) is 0 Å². The second-order valence-electron chi connectivity index (χ2n) is 7.10. The van der Waals surface area contributed by atoms with Crippen LogP contribution in [0.1, 0.15) is 22.5 Å². The molecule has 1 N–H and O–H groups in total. The number of nitrogens with zero attached hydrogens (tertiary/aromatic N) is 2. The quantitative estimate of drug-likeness (QED) is 0.334. The van der Waals surface area contributed by atoms with Gasteiger partial charge in [-0.1, -0.05) is 40.2 Å². The van der Waals surface area contributed by atoms with Crippen LogP contribution in [-0.2, 0) is 6.61 Å². The lowest BCUT2D eigenvalue weighted by molar-refractivity contribution is 0.284. The molecule has 4 rings (SSSR count). The third-order valence-electron chi connectivity index (χ3n) is 4.82. The number of benzene rings is 3. The SMILES string of the molecule is COc1cc(/C=C(/C#N)c2nc3ccc(C)cc3[nH]2)ccc1OCc1ccc(Br)cc1. The number of H-pyrrole nitrogens is 1. The van der Waals surface area contributed by atoms with E-state index in [1.165, 1.54) is 0 Å². The van der Waals surface area contributed by atoms with Crippen LogP contribution in [0.25, 0.3) is 22.7 Å². The lowest BCUT2D eigenvalue weighted by Crippen LogP contribution is -1.98.